The first-order chi connectivity index (χ1) is 10.2. The summed E-state index contributed by atoms with van der Waals surface area (Å²) < 4.78 is 2.11. The number of imidazole rings is 1. The highest BCUT2D eigenvalue weighted by atomic mass is 35.5. The van der Waals surface area contributed by atoms with Crippen molar-refractivity contribution in [3.05, 3.63) is 47.0 Å². The van der Waals surface area contributed by atoms with Gasteiger partial charge in [-0.25, -0.2) is 4.98 Å². The minimum atomic E-state index is 0.268. The second-order valence-corrected chi connectivity index (χ2v) is 5.75. The molecule has 1 atom stereocenters. The van der Waals surface area contributed by atoms with Crippen molar-refractivity contribution in [3.63, 3.8) is 0 Å². The number of aromatic nitrogens is 2. The van der Waals surface area contributed by atoms with Gasteiger partial charge in [-0.1, -0.05) is 31.5 Å². The molecule has 3 nitrogen and oxygen atoms in total. The van der Waals surface area contributed by atoms with Crippen LogP contribution in [0.2, 0.25) is 5.02 Å². The molecule has 4 heteroatoms. The Morgan fingerprint density at radius 2 is 2.10 bits per heavy atom. The molecule has 0 aliphatic carbocycles. The first-order valence-electron chi connectivity index (χ1n) is 7.72. The molecule has 1 aromatic carbocycles. The van der Waals surface area contributed by atoms with E-state index in [9.17, 15) is 0 Å². The van der Waals surface area contributed by atoms with Crippen molar-refractivity contribution in [2.45, 2.75) is 46.1 Å². The minimum Gasteiger partial charge on any atom is -0.310 e. The fraction of sp³-hybridized carbons (Fsp3) is 0.471. The van der Waals surface area contributed by atoms with Crippen LogP contribution in [-0.4, -0.2) is 16.1 Å². The van der Waals surface area contributed by atoms with Crippen molar-refractivity contribution in [2.75, 3.05) is 6.54 Å². The van der Waals surface area contributed by atoms with Crippen LogP contribution in [-0.2, 0) is 6.42 Å². The molecule has 2 rings (SSSR count). The van der Waals surface area contributed by atoms with Gasteiger partial charge in [0.25, 0.3) is 0 Å². The highest BCUT2D eigenvalue weighted by molar-refractivity contribution is 6.31. The van der Waals surface area contributed by atoms with E-state index >= 15 is 0 Å². The van der Waals surface area contributed by atoms with Crippen molar-refractivity contribution in [2.24, 2.45) is 0 Å². The van der Waals surface area contributed by atoms with Gasteiger partial charge < -0.3 is 9.88 Å². The van der Waals surface area contributed by atoms with E-state index in [4.69, 9.17) is 11.6 Å². The molecule has 0 saturated carbocycles. The Morgan fingerprint density at radius 1 is 1.29 bits per heavy atom. The summed E-state index contributed by atoms with van der Waals surface area (Å²) in [5.41, 5.74) is 2.22. The van der Waals surface area contributed by atoms with E-state index in [0.29, 0.717) is 0 Å². The van der Waals surface area contributed by atoms with Crippen LogP contribution < -0.4 is 5.32 Å². The molecule has 1 aromatic heterocycles. The molecule has 1 unspecified atom stereocenters. The number of benzene rings is 1. The summed E-state index contributed by atoms with van der Waals surface area (Å²) in [6, 6.07) is 6.53. The molecular formula is C17H24ClN3. The third kappa shape index (κ3) is 3.86. The predicted molar refractivity (Wildman–Crippen MR) is 89.3 cm³/mol. The van der Waals surface area contributed by atoms with Crippen molar-refractivity contribution in [1.29, 1.82) is 0 Å². The van der Waals surface area contributed by atoms with Gasteiger partial charge in [0.1, 0.15) is 5.82 Å². The second kappa shape index (κ2) is 7.62. The fourth-order valence-corrected chi connectivity index (χ4v) is 2.80. The van der Waals surface area contributed by atoms with Crippen molar-refractivity contribution in [3.8, 4) is 5.69 Å². The van der Waals surface area contributed by atoms with E-state index in [1.807, 2.05) is 18.5 Å². The van der Waals surface area contributed by atoms with Crippen LogP contribution >= 0.6 is 11.6 Å². The lowest BCUT2D eigenvalue weighted by Crippen LogP contribution is -2.19. The SMILES string of the molecule is CCCNC(C)c1ccc(-n2ccnc2CCC)cc1Cl. The van der Waals surface area contributed by atoms with E-state index in [1.54, 1.807) is 0 Å². The number of nitrogens with one attached hydrogen (secondary N) is 1. The highest BCUT2D eigenvalue weighted by Gasteiger charge is 2.11. The van der Waals surface area contributed by atoms with E-state index in [1.165, 1.54) is 0 Å². The maximum Gasteiger partial charge on any atom is 0.113 e. The van der Waals surface area contributed by atoms with Gasteiger partial charge >= 0.3 is 0 Å². The van der Waals surface area contributed by atoms with Gasteiger partial charge in [0, 0.05) is 35.6 Å². The molecule has 0 bridgehead atoms. The Kier molecular flexibility index (Phi) is 5.83. The summed E-state index contributed by atoms with van der Waals surface area (Å²) in [4.78, 5) is 4.42. The Labute approximate surface area is 132 Å². The average molecular weight is 306 g/mol. The van der Waals surface area contributed by atoms with Gasteiger partial charge in [0.15, 0.2) is 0 Å². The monoisotopic (exact) mass is 305 g/mol. The summed E-state index contributed by atoms with van der Waals surface area (Å²) in [5, 5.41) is 4.28. The van der Waals surface area contributed by atoms with Crippen LogP contribution in [0.3, 0.4) is 0 Å². The van der Waals surface area contributed by atoms with Crippen LogP contribution in [0.1, 0.15) is 51.0 Å². The van der Waals surface area contributed by atoms with Gasteiger partial charge in [-0.3, -0.25) is 0 Å². The summed E-state index contributed by atoms with van der Waals surface area (Å²) in [6.45, 7) is 7.48. The zero-order valence-electron chi connectivity index (χ0n) is 13.1. The molecular weight excluding hydrogens is 282 g/mol. The lowest BCUT2D eigenvalue weighted by atomic mass is 10.1. The predicted octanol–water partition coefficient (Wildman–Crippen LogP) is 4.54. The fourth-order valence-electron chi connectivity index (χ4n) is 2.47. The molecule has 0 aliphatic rings. The van der Waals surface area contributed by atoms with Gasteiger partial charge in [-0.05, 0) is 44.0 Å². The van der Waals surface area contributed by atoms with Gasteiger partial charge in [-0.15, -0.1) is 0 Å². The van der Waals surface area contributed by atoms with Crippen molar-refractivity contribution < 1.29 is 0 Å². The molecule has 0 spiro atoms. The van der Waals surface area contributed by atoms with Gasteiger partial charge in [-0.2, -0.15) is 0 Å². The number of nitrogens with zero attached hydrogens (tertiary/aromatic N) is 2. The molecule has 0 fully saturated rings. The zero-order valence-corrected chi connectivity index (χ0v) is 13.8. The molecule has 114 valence electrons. The summed E-state index contributed by atoms with van der Waals surface area (Å²) in [7, 11) is 0. The molecule has 21 heavy (non-hydrogen) atoms. The first kappa shape index (κ1) is 16.1. The van der Waals surface area contributed by atoms with Crippen LogP contribution in [0.25, 0.3) is 5.69 Å². The highest BCUT2D eigenvalue weighted by Crippen LogP contribution is 2.26. The van der Waals surface area contributed by atoms with Gasteiger partial charge in [0.2, 0.25) is 0 Å². The molecule has 2 aromatic rings. The third-order valence-corrected chi connectivity index (χ3v) is 3.95. The molecule has 0 amide bonds. The topological polar surface area (TPSA) is 29.9 Å². The number of aryl methyl sites for hydroxylation is 1. The van der Waals surface area contributed by atoms with Crippen LogP contribution in [0.5, 0.6) is 0 Å². The normalized spacial score (nSPS) is 12.6. The Morgan fingerprint density at radius 3 is 2.76 bits per heavy atom. The molecule has 0 saturated heterocycles. The number of hydrogen-bond donors (Lipinski definition) is 1. The molecule has 0 aliphatic heterocycles. The van der Waals surface area contributed by atoms with Crippen molar-refractivity contribution in [1.82, 2.24) is 14.9 Å². The quantitative estimate of drug-likeness (QED) is 0.814. The van der Waals surface area contributed by atoms with E-state index in [0.717, 1.165) is 47.9 Å². The Hall–Kier alpha value is -1.32. The molecule has 0 radical (unpaired) electrons. The minimum absolute atomic E-state index is 0.268. The van der Waals surface area contributed by atoms with E-state index in [2.05, 4.69) is 47.8 Å². The number of hydrogen-bond acceptors (Lipinski definition) is 2. The lowest BCUT2D eigenvalue weighted by Gasteiger charge is -2.16. The largest absolute Gasteiger partial charge is 0.310 e. The van der Waals surface area contributed by atoms with Crippen LogP contribution in [0.4, 0.5) is 0 Å². The number of rotatable bonds is 7. The second-order valence-electron chi connectivity index (χ2n) is 5.35. The Balaban J connectivity index is 2.24. The summed E-state index contributed by atoms with van der Waals surface area (Å²) in [5.74, 6) is 1.08. The lowest BCUT2D eigenvalue weighted by molar-refractivity contribution is 0.571. The molecule has 1 heterocycles. The molecule has 1 N–H and O–H groups in total. The van der Waals surface area contributed by atoms with Crippen LogP contribution in [0.15, 0.2) is 30.6 Å². The summed E-state index contributed by atoms with van der Waals surface area (Å²) >= 11 is 6.48. The summed E-state index contributed by atoms with van der Waals surface area (Å²) in [6.07, 6.45) is 7.02. The Bertz CT molecular complexity index is 577. The van der Waals surface area contributed by atoms with E-state index in [-0.39, 0.29) is 6.04 Å². The zero-order chi connectivity index (χ0) is 15.2. The third-order valence-electron chi connectivity index (χ3n) is 3.62. The van der Waals surface area contributed by atoms with E-state index < -0.39 is 0 Å². The maximum absolute atomic E-state index is 6.48. The average Bonchev–Trinajstić information content (AvgIpc) is 2.93. The van der Waals surface area contributed by atoms with Crippen LogP contribution in [0, 0.1) is 0 Å². The van der Waals surface area contributed by atoms with Gasteiger partial charge in [0.05, 0.1) is 0 Å². The number of halogens is 1. The van der Waals surface area contributed by atoms with Crippen molar-refractivity contribution >= 4 is 11.6 Å². The smallest absolute Gasteiger partial charge is 0.113 e. The first-order valence-corrected chi connectivity index (χ1v) is 8.10. The maximum atomic E-state index is 6.48. The standard InChI is InChI=1S/C17H24ClN3/c1-4-6-17-20-10-11-21(17)14-7-8-15(16(18)12-14)13(3)19-9-5-2/h7-8,10-13,19H,4-6,9H2,1-3H3.